The zero-order valence-electron chi connectivity index (χ0n) is 12.5. The maximum atomic E-state index is 12.2. The summed E-state index contributed by atoms with van der Waals surface area (Å²) in [6, 6.07) is 13.6. The summed E-state index contributed by atoms with van der Waals surface area (Å²) >= 11 is 6.17. The predicted octanol–water partition coefficient (Wildman–Crippen LogP) is 3.03. The van der Waals surface area contributed by atoms with Gasteiger partial charge in [-0.05, 0) is 42.3 Å². The summed E-state index contributed by atoms with van der Waals surface area (Å²) in [6.07, 6.45) is 2.00. The van der Waals surface area contributed by atoms with Crippen molar-refractivity contribution in [1.29, 1.82) is 0 Å². The Kier molecular flexibility index (Phi) is 4.17. The Labute approximate surface area is 140 Å². The van der Waals surface area contributed by atoms with Gasteiger partial charge in [-0.25, -0.2) is 8.42 Å². The monoisotopic (exact) mass is 349 g/mol. The summed E-state index contributed by atoms with van der Waals surface area (Å²) in [7, 11) is -3.25. The third kappa shape index (κ3) is 3.57. The lowest BCUT2D eigenvalue weighted by molar-refractivity contribution is 0.0950. The number of hydrogen-bond acceptors (Lipinski definition) is 3. The second-order valence-corrected chi connectivity index (χ2v) is 8.16. The number of amides is 1. The van der Waals surface area contributed by atoms with Gasteiger partial charge in [-0.2, -0.15) is 0 Å². The molecule has 1 N–H and O–H groups in total. The molecule has 1 aliphatic carbocycles. The van der Waals surface area contributed by atoms with Gasteiger partial charge in [0, 0.05) is 28.8 Å². The highest BCUT2D eigenvalue weighted by molar-refractivity contribution is 7.90. The standard InChI is InChI=1S/C17H16ClNO3S/c1-23(21,22)12-8-6-11(7-9-12)17(20)19-16-10-14(16)13-4-2-3-5-15(13)18/h2-9,14,16H,10H2,1H3,(H,19,20)/t14-,16-/m0/s1. The van der Waals surface area contributed by atoms with Crippen molar-refractivity contribution in [3.63, 3.8) is 0 Å². The molecular formula is C17H16ClNO3S. The van der Waals surface area contributed by atoms with E-state index in [1.807, 2.05) is 24.3 Å². The van der Waals surface area contributed by atoms with Crippen LogP contribution in [0, 0.1) is 0 Å². The topological polar surface area (TPSA) is 63.2 Å². The Morgan fingerprint density at radius 2 is 1.78 bits per heavy atom. The first-order valence-corrected chi connectivity index (χ1v) is 9.48. The van der Waals surface area contributed by atoms with Gasteiger partial charge in [-0.3, -0.25) is 4.79 Å². The van der Waals surface area contributed by atoms with Crippen LogP contribution in [0.25, 0.3) is 0 Å². The minimum Gasteiger partial charge on any atom is -0.349 e. The van der Waals surface area contributed by atoms with Crippen LogP contribution in [-0.2, 0) is 9.84 Å². The summed E-state index contributed by atoms with van der Waals surface area (Å²) in [5, 5.41) is 3.67. The van der Waals surface area contributed by atoms with Gasteiger partial charge in [0.15, 0.2) is 9.84 Å². The molecule has 0 spiro atoms. The molecule has 0 aliphatic heterocycles. The van der Waals surface area contributed by atoms with Crippen LogP contribution in [0.15, 0.2) is 53.4 Å². The third-order valence-corrected chi connectivity index (χ3v) is 5.43. The van der Waals surface area contributed by atoms with Crippen molar-refractivity contribution in [2.24, 2.45) is 0 Å². The molecular weight excluding hydrogens is 334 g/mol. The molecule has 2 aromatic carbocycles. The maximum Gasteiger partial charge on any atom is 0.251 e. The molecule has 1 amide bonds. The summed E-state index contributed by atoms with van der Waals surface area (Å²) < 4.78 is 22.8. The van der Waals surface area contributed by atoms with Crippen LogP contribution in [0.3, 0.4) is 0 Å². The fraction of sp³-hybridized carbons (Fsp3) is 0.235. The number of carbonyl (C=O) groups is 1. The molecule has 0 saturated heterocycles. The van der Waals surface area contributed by atoms with E-state index in [9.17, 15) is 13.2 Å². The Morgan fingerprint density at radius 1 is 1.13 bits per heavy atom. The molecule has 0 bridgehead atoms. The van der Waals surface area contributed by atoms with E-state index in [4.69, 9.17) is 11.6 Å². The van der Waals surface area contributed by atoms with E-state index < -0.39 is 9.84 Å². The number of rotatable bonds is 4. The molecule has 0 heterocycles. The van der Waals surface area contributed by atoms with Crippen molar-refractivity contribution < 1.29 is 13.2 Å². The van der Waals surface area contributed by atoms with Crippen LogP contribution in [0.4, 0.5) is 0 Å². The molecule has 3 rings (SSSR count). The second kappa shape index (κ2) is 5.98. The molecule has 1 aliphatic rings. The maximum absolute atomic E-state index is 12.2. The smallest absolute Gasteiger partial charge is 0.251 e. The number of carbonyl (C=O) groups excluding carboxylic acids is 1. The zero-order chi connectivity index (χ0) is 16.6. The number of benzene rings is 2. The minimum atomic E-state index is -3.25. The molecule has 2 aromatic rings. The normalized spacial score (nSPS) is 20.1. The highest BCUT2D eigenvalue weighted by Crippen LogP contribution is 2.43. The van der Waals surface area contributed by atoms with Crippen molar-refractivity contribution in [3.05, 3.63) is 64.7 Å². The van der Waals surface area contributed by atoms with Gasteiger partial charge < -0.3 is 5.32 Å². The van der Waals surface area contributed by atoms with E-state index in [2.05, 4.69) is 5.32 Å². The van der Waals surface area contributed by atoms with Crippen LogP contribution in [0.1, 0.15) is 28.3 Å². The van der Waals surface area contributed by atoms with Crippen LogP contribution in [0.5, 0.6) is 0 Å². The summed E-state index contributed by atoms with van der Waals surface area (Å²) in [6.45, 7) is 0. The van der Waals surface area contributed by atoms with Crippen molar-refractivity contribution in [2.75, 3.05) is 6.26 Å². The highest BCUT2D eigenvalue weighted by Gasteiger charge is 2.40. The fourth-order valence-electron chi connectivity index (χ4n) is 2.58. The molecule has 1 fully saturated rings. The number of sulfone groups is 1. The van der Waals surface area contributed by atoms with Gasteiger partial charge in [-0.1, -0.05) is 29.8 Å². The van der Waals surface area contributed by atoms with E-state index in [-0.39, 0.29) is 22.8 Å². The van der Waals surface area contributed by atoms with Crippen LogP contribution >= 0.6 is 11.6 Å². The van der Waals surface area contributed by atoms with Gasteiger partial charge in [0.05, 0.1) is 4.90 Å². The lowest BCUT2D eigenvalue weighted by atomic mass is 10.1. The molecule has 0 unspecified atom stereocenters. The number of halogens is 1. The first kappa shape index (κ1) is 16.0. The summed E-state index contributed by atoms with van der Waals surface area (Å²) in [5.74, 6) is 0.0348. The van der Waals surface area contributed by atoms with Crippen molar-refractivity contribution in [1.82, 2.24) is 5.32 Å². The lowest BCUT2D eigenvalue weighted by Crippen LogP contribution is -2.26. The molecule has 4 nitrogen and oxygen atoms in total. The van der Waals surface area contributed by atoms with E-state index in [1.165, 1.54) is 24.3 Å². The average Bonchev–Trinajstić information content (AvgIpc) is 3.26. The van der Waals surface area contributed by atoms with Crippen molar-refractivity contribution >= 4 is 27.3 Å². The molecule has 0 radical (unpaired) electrons. The Morgan fingerprint density at radius 3 is 2.39 bits per heavy atom. The first-order chi connectivity index (χ1) is 10.9. The van der Waals surface area contributed by atoms with Crippen LogP contribution in [-0.4, -0.2) is 26.6 Å². The van der Waals surface area contributed by atoms with E-state index >= 15 is 0 Å². The Hall–Kier alpha value is -1.85. The van der Waals surface area contributed by atoms with E-state index in [0.717, 1.165) is 18.2 Å². The van der Waals surface area contributed by atoms with Gasteiger partial charge in [0.25, 0.3) is 5.91 Å². The second-order valence-electron chi connectivity index (χ2n) is 5.74. The quantitative estimate of drug-likeness (QED) is 0.922. The van der Waals surface area contributed by atoms with Crippen LogP contribution < -0.4 is 5.32 Å². The van der Waals surface area contributed by atoms with Gasteiger partial charge >= 0.3 is 0 Å². The van der Waals surface area contributed by atoms with Gasteiger partial charge in [0.1, 0.15) is 0 Å². The van der Waals surface area contributed by atoms with E-state index in [0.29, 0.717) is 10.6 Å². The largest absolute Gasteiger partial charge is 0.349 e. The zero-order valence-corrected chi connectivity index (χ0v) is 14.1. The number of hydrogen-bond donors (Lipinski definition) is 1. The molecule has 0 aromatic heterocycles. The molecule has 1 saturated carbocycles. The predicted molar refractivity (Wildman–Crippen MR) is 89.6 cm³/mol. The SMILES string of the molecule is CS(=O)(=O)c1ccc(C(=O)N[C@H]2C[C@H]2c2ccccc2Cl)cc1. The fourth-order valence-corrected chi connectivity index (χ4v) is 3.49. The third-order valence-electron chi connectivity index (χ3n) is 3.96. The van der Waals surface area contributed by atoms with E-state index in [1.54, 1.807) is 0 Å². The highest BCUT2D eigenvalue weighted by atomic mass is 35.5. The Balaban J connectivity index is 1.66. The molecule has 23 heavy (non-hydrogen) atoms. The van der Waals surface area contributed by atoms with Crippen molar-refractivity contribution in [3.8, 4) is 0 Å². The first-order valence-electron chi connectivity index (χ1n) is 7.21. The minimum absolute atomic E-state index is 0.0667. The average molecular weight is 350 g/mol. The van der Waals surface area contributed by atoms with Crippen LogP contribution in [0.2, 0.25) is 5.02 Å². The van der Waals surface area contributed by atoms with Gasteiger partial charge in [0.2, 0.25) is 0 Å². The van der Waals surface area contributed by atoms with Gasteiger partial charge in [-0.15, -0.1) is 0 Å². The molecule has 2 atom stereocenters. The summed E-state index contributed by atoms with van der Waals surface area (Å²) in [5.41, 5.74) is 1.49. The van der Waals surface area contributed by atoms with Crippen molar-refractivity contribution in [2.45, 2.75) is 23.3 Å². The number of nitrogens with one attached hydrogen (secondary N) is 1. The Bertz CT molecular complexity index is 846. The lowest BCUT2D eigenvalue weighted by Gasteiger charge is -2.07. The summed E-state index contributed by atoms with van der Waals surface area (Å²) in [4.78, 5) is 12.4. The molecule has 120 valence electrons. The molecule has 6 heteroatoms.